The molecule has 2 aliphatic rings. The number of benzene rings is 1. The van der Waals surface area contributed by atoms with E-state index in [2.05, 4.69) is 21.3 Å². The molecule has 2 heterocycles. The van der Waals surface area contributed by atoms with Gasteiger partial charge in [0.05, 0.1) is 6.04 Å². The highest BCUT2D eigenvalue weighted by Crippen LogP contribution is 2.26. The Morgan fingerprint density at radius 3 is 2.23 bits per heavy atom. The normalized spacial score (nSPS) is 19.5. The third-order valence-corrected chi connectivity index (χ3v) is 7.63. The number of amides is 5. The van der Waals surface area contributed by atoms with E-state index in [1.807, 2.05) is 24.3 Å². The molecule has 6 N–H and O–H groups in total. The Bertz CT molecular complexity index is 1350. The molecule has 0 spiro atoms. The summed E-state index contributed by atoms with van der Waals surface area (Å²) in [6.07, 6.45) is 1.44. The van der Waals surface area contributed by atoms with E-state index in [1.165, 1.54) is 11.8 Å². The molecule has 0 bridgehead atoms. The lowest BCUT2D eigenvalue weighted by atomic mass is 9.90. The van der Waals surface area contributed by atoms with Crippen LogP contribution in [-0.4, -0.2) is 76.7 Å². The number of nitrogens with one attached hydrogen (secondary N) is 4. The Morgan fingerprint density at radius 2 is 1.66 bits per heavy atom. The highest BCUT2D eigenvalue weighted by molar-refractivity contribution is 6.38. The third-order valence-electron chi connectivity index (χ3n) is 7.63. The minimum Gasteiger partial charge on any atom is -0.394 e. The van der Waals surface area contributed by atoms with Crippen LogP contribution in [0.3, 0.4) is 0 Å². The van der Waals surface area contributed by atoms with Gasteiger partial charge in [-0.2, -0.15) is 0 Å². The summed E-state index contributed by atoms with van der Waals surface area (Å²) in [7, 11) is 0. The van der Waals surface area contributed by atoms with Gasteiger partial charge in [-0.05, 0) is 50.7 Å². The quantitative estimate of drug-likeness (QED) is 0.156. The zero-order valence-corrected chi connectivity index (χ0v) is 25.8. The van der Waals surface area contributed by atoms with Crippen molar-refractivity contribution in [1.29, 1.82) is 0 Å². The van der Waals surface area contributed by atoms with Crippen LogP contribution in [0, 0.1) is 11.8 Å². The first kappa shape index (κ1) is 33.9. The van der Waals surface area contributed by atoms with Gasteiger partial charge in [0.15, 0.2) is 5.78 Å². The van der Waals surface area contributed by atoms with Crippen molar-refractivity contribution in [1.82, 2.24) is 26.2 Å². The lowest BCUT2D eigenvalue weighted by Crippen LogP contribution is -2.61. The fraction of sp³-hybridized carbons (Fsp3) is 0.516. The zero-order chi connectivity index (χ0) is 32.7. The van der Waals surface area contributed by atoms with Gasteiger partial charge >= 0.3 is 0 Å². The Morgan fingerprint density at radius 1 is 1.00 bits per heavy atom. The van der Waals surface area contributed by atoms with Crippen LogP contribution in [-0.2, 0) is 46.5 Å². The lowest BCUT2D eigenvalue weighted by molar-refractivity contribution is -0.146. The summed E-state index contributed by atoms with van der Waals surface area (Å²) >= 11 is 0. The summed E-state index contributed by atoms with van der Waals surface area (Å²) in [5, 5.41) is 10.5. The van der Waals surface area contributed by atoms with Gasteiger partial charge in [0, 0.05) is 37.5 Å². The topological polar surface area (TPSA) is 197 Å². The van der Waals surface area contributed by atoms with Crippen molar-refractivity contribution < 1.29 is 33.6 Å². The molecule has 1 aromatic rings. The Labute approximate surface area is 256 Å². The van der Waals surface area contributed by atoms with Crippen molar-refractivity contribution in [2.24, 2.45) is 17.6 Å². The van der Waals surface area contributed by atoms with Crippen LogP contribution in [0.1, 0.15) is 58.6 Å². The van der Waals surface area contributed by atoms with E-state index in [0.29, 0.717) is 13.0 Å². The van der Waals surface area contributed by atoms with Gasteiger partial charge in [0.25, 0.3) is 11.8 Å². The number of fused-ring (bicyclic) bond motifs is 1. The summed E-state index contributed by atoms with van der Waals surface area (Å²) < 4.78 is 0. The van der Waals surface area contributed by atoms with Crippen molar-refractivity contribution in [3.63, 3.8) is 0 Å². The first-order valence-corrected chi connectivity index (χ1v) is 14.8. The summed E-state index contributed by atoms with van der Waals surface area (Å²) in [5.74, 6) is -5.51. The number of rotatable bonds is 12. The Hall–Kier alpha value is -4.55. The number of hydrogen-bond acceptors (Lipinski definition) is 8. The maximum Gasteiger partial charge on any atom is 0.289 e. The Balaban J connectivity index is 1.93. The van der Waals surface area contributed by atoms with Crippen molar-refractivity contribution in [3.05, 3.63) is 47.2 Å². The fourth-order valence-electron chi connectivity index (χ4n) is 5.34. The van der Waals surface area contributed by atoms with Gasteiger partial charge < -0.3 is 31.9 Å². The molecule has 4 unspecified atom stereocenters. The maximum atomic E-state index is 14.0. The first-order valence-electron chi connectivity index (χ1n) is 14.8. The van der Waals surface area contributed by atoms with Gasteiger partial charge in [0.2, 0.25) is 23.5 Å². The molecule has 44 heavy (non-hydrogen) atoms. The molecule has 0 radical (unpaired) electrons. The molecule has 1 fully saturated rings. The molecular weight excluding hydrogens is 568 g/mol. The van der Waals surface area contributed by atoms with E-state index in [-0.39, 0.29) is 37.0 Å². The van der Waals surface area contributed by atoms with Crippen LogP contribution < -0.4 is 27.0 Å². The highest BCUT2D eigenvalue weighted by atomic mass is 16.2. The van der Waals surface area contributed by atoms with Gasteiger partial charge in [0.1, 0.15) is 17.8 Å². The lowest BCUT2D eigenvalue weighted by Gasteiger charge is -2.39. The molecule has 0 aromatic heterocycles. The average molecular weight is 611 g/mol. The molecule has 2 aliphatic heterocycles. The van der Waals surface area contributed by atoms with E-state index in [1.54, 1.807) is 27.7 Å². The highest BCUT2D eigenvalue weighted by Gasteiger charge is 2.41. The van der Waals surface area contributed by atoms with Crippen LogP contribution in [0.15, 0.2) is 36.0 Å². The molecule has 1 saturated heterocycles. The monoisotopic (exact) mass is 610 g/mol. The van der Waals surface area contributed by atoms with Gasteiger partial charge in [-0.15, -0.1) is 0 Å². The first-order chi connectivity index (χ1) is 20.7. The SMILES string of the molecule is CC(=O)/C=C(\N)C(=O)NC(C(=O)N1Cc2ccccc2CC1C(=O)NC(CC1CCNC1=O)C(=O)C(=O)NC(C)C)C(C)C. The third kappa shape index (κ3) is 8.51. The number of Topliss-reactive ketones (excluding diaryl/α,β-unsaturated/α-hetero) is 1. The zero-order valence-electron chi connectivity index (χ0n) is 25.8. The standard InChI is InChI=1S/C31H42N6O7/c1-16(2)25(36-28(41)22(32)12-18(5)38)31(44)37-15-21-9-7-6-8-19(21)14-24(37)29(42)35-23(13-20-10-11-33-27(20)40)26(39)30(43)34-17(3)4/h6-9,12,16-17,20,23-25H,10-11,13-15,32H2,1-5H3,(H,33,40)(H,34,43)(H,35,42)(H,36,41)/b22-12-. The molecule has 3 rings (SSSR count). The van der Waals surface area contributed by atoms with Crippen LogP contribution in [0.5, 0.6) is 0 Å². The summed E-state index contributed by atoms with van der Waals surface area (Å²) in [6.45, 7) is 8.53. The number of nitrogens with zero attached hydrogens (tertiary/aromatic N) is 1. The predicted octanol–water partition coefficient (Wildman–Crippen LogP) is -0.383. The van der Waals surface area contributed by atoms with E-state index in [0.717, 1.165) is 17.2 Å². The van der Waals surface area contributed by atoms with Crippen molar-refractivity contribution in [3.8, 4) is 0 Å². The predicted molar refractivity (Wildman–Crippen MR) is 160 cm³/mol. The minimum atomic E-state index is -1.30. The van der Waals surface area contributed by atoms with Crippen LogP contribution in [0.2, 0.25) is 0 Å². The summed E-state index contributed by atoms with van der Waals surface area (Å²) in [6, 6.07) is 3.47. The molecule has 4 atom stereocenters. The van der Waals surface area contributed by atoms with E-state index < -0.39 is 65.2 Å². The Kier molecular flexibility index (Phi) is 11.4. The number of carbonyl (C=O) groups excluding carboxylic acids is 7. The van der Waals surface area contributed by atoms with Crippen LogP contribution in [0.25, 0.3) is 0 Å². The van der Waals surface area contributed by atoms with E-state index in [9.17, 15) is 33.6 Å². The summed E-state index contributed by atoms with van der Waals surface area (Å²) in [5.41, 5.74) is 7.02. The maximum absolute atomic E-state index is 14.0. The van der Waals surface area contributed by atoms with E-state index in [4.69, 9.17) is 5.73 Å². The second-order valence-corrected chi connectivity index (χ2v) is 11.9. The van der Waals surface area contributed by atoms with Crippen molar-refractivity contribution in [2.75, 3.05) is 6.54 Å². The van der Waals surface area contributed by atoms with Crippen LogP contribution >= 0.6 is 0 Å². The second-order valence-electron chi connectivity index (χ2n) is 11.9. The molecular formula is C31H42N6O7. The molecule has 0 saturated carbocycles. The fourth-order valence-corrected chi connectivity index (χ4v) is 5.34. The average Bonchev–Trinajstić information content (AvgIpc) is 3.36. The number of hydrogen-bond donors (Lipinski definition) is 5. The molecule has 238 valence electrons. The smallest absolute Gasteiger partial charge is 0.289 e. The summed E-state index contributed by atoms with van der Waals surface area (Å²) in [4.78, 5) is 91.7. The molecule has 1 aromatic carbocycles. The number of nitrogens with two attached hydrogens (primary N) is 1. The number of carbonyl (C=O) groups is 7. The van der Waals surface area contributed by atoms with Gasteiger partial charge in [-0.3, -0.25) is 33.6 Å². The van der Waals surface area contributed by atoms with Crippen LogP contribution in [0.4, 0.5) is 0 Å². The van der Waals surface area contributed by atoms with Crippen molar-refractivity contribution >= 4 is 41.1 Å². The van der Waals surface area contributed by atoms with Gasteiger partial charge in [-0.25, -0.2) is 0 Å². The molecule has 0 aliphatic carbocycles. The number of ketones is 2. The molecule has 5 amide bonds. The molecule has 13 nitrogen and oxygen atoms in total. The van der Waals surface area contributed by atoms with E-state index >= 15 is 0 Å². The van der Waals surface area contributed by atoms with Gasteiger partial charge in [-0.1, -0.05) is 38.1 Å². The number of allylic oxidation sites excluding steroid dienone is 1. The largest absolute Gasteiger partial charge is 0.394 e. The molecule has 13 heteroatoms. The minimum absolute atomic E-state index is 0.0441. The second kappa shape index (κ2) is 14.8. The van der Waals surface area contributed by atoms with Crippen molar-refractivity contribution in [2.45, 2.75) is 84.6 Å².